The Hall–Kier alpha value is -2.66. The van der Waals surface area contributed by atoms with E-state index < -0.39 is 5.97 Å². The Morgan fingerprint density at radius 2 is 1.69 bits per heavy atom. The van der Waals surface area contributed by atoms with E-state index in [1.54, 1.807) is 24.3 Å². The van der Waals surface area contributed by atoms with Crippen molar-refractivity contribution in [2.75, 3.05) is 11.4 Å². The number of rotatable bonds is 6. The average molecular weight is 353 g/mol. The molecule has 5 nitrogen and oxygen atoms in total. The number of carbonyl (C=O) groups is 2. The van der Waals surface area contributed by atoms with Gasteiger partial charge in [0, 0.05) is 23.4 Å². The smallest absolute Gasteiger partial charge is 0.336 e. The summed E-state index contributed by atoms with van der Waals surface area (Å²) >= 11 is 0. The van der Waals surface area contributed by atoms with Crippen LogP contribution in [0.25, 0.3) is 0 Å². The maximum absolute atomic E-state index is 12.7. The van der Waals surface area contributed by atoms with Crippen molar-refractivity contribution in [1.29, 1.82) is 0 Å². The summed E-state index contributed by atoms with van der Waals surface area (Å²) in [5, 5.41) is 19.4. The number of hydrogen-bond donors (Lipinski definition) is 2. The fraction of sp³-hybridized carbons (Fsp3) is 0.333. The number of ketones is 1. The number of aliphatic hydroxyl groups excluding tert-OH is 1. The van der Waals surface area contributed by atoms with E-state index in [9.17, 15) is 19.8 Å². The van der Waals surface area contributed by atoms with Gasteiger partial charge in [0.05, 0.1) is 17.7 Å². The van der Waals surface area contributed by atoms with Gasteiger partial charge in [-0.3, -0.25) is 4.79 Å². The second-order valence-corrected chi connectivity index (χ2v) is 6.58. The lowest BCUT2D eigenvalue weighted by atomic mass is 9.98. The van der Waals surface area contributed by atoms with E-state index in [1.165, 1.54) is 12.1 Å². The van der Waals surface area contributed by atoms with Crippen molar-refractivity contribution in [3.63, 3.8) is 0 Å². The number of aliphatic hydroxyl groups is 1. The summed E-state index contributed by atoms with van der Waals surface area (Å²) in [5.74, 6) is -1.42. The van der Waals surface area contributed by atoms with Crippen molar-refractivity contribution in [3.05, 3.63) is 65.2 Å². The van der Waals surface area contributed by atoms with Gasteiger partial charge in [0.2, 0.25) is 0 Å². The summed E-state index contributed by atoms with van der Waals surface area (Å²) in [7, 11) is 0. The molecule has 2 unspecified atom stereocenters. The van der Waals surface area contributed by atoms with Gasteiger partial charge < -0.3 is 15.1 Å². The van der Waals surface area contributed by atoms with Gasteiger partial charge in [-0.15, -0.1) is 0 Å². The second kappa shape index (κ2) is 7.70. The molecule has 0 heterocycles. The van der Waals surface area contributed by atoms with Gasteiger partial charge in [-0.2, -0.15) is 0 Å². The maximum atomic E-state index is 12.7. The minimum Gasteiger partial charge on any atom is -0.478 e. The minimum absolute atomic E-state index is 0.00541. The molecule has 3 rings (SSSR count). The van der Waals surface area contributed by atoms with Crippen molar-refractivity contribution in [3.8, 4) is 0 Å². The van der Waals surface area contributed by atoms with Crippen molar-refractivity contribution in [2.24, 2.45) is 0 Å². The molecular formula is C21H23NO4. The Morgan fingerprint density at radius 3 is 2.23 bits per heavy atom. The van der Waals surface area contributed by atoms with Crippen LogP contribution in [0.4, 0.5) is 5.69 Å². The number of carbonyl (C=O) groups excluding carboxylic acids is 1. The highest BCUT2D eigenvalue weighted by Gasteiger charge is 2.30. The molecule has 2 N–H and O–H groups in total. The van der Waals surface area contributed by atoms with Crippen LogP contribution < -0.4 is 4.90 Å². The number of aromatic carboxylic acids is 1. The quantitative estimate of drug-likeness (QED) is 0.779. The van der Waals surface area contributed by atoms with Crippen LogP contribution in [0.2, 0.25) is 0 Å². The molecule has 5 heteroatoms. The third-order valence-electron chi connectivity index (χ3n) is 5.05. The first-order valence-electron chi connectivity index (χ1n) is 8.94. The van der Waals surface area contributed by atoms with E-state index in [1.807, 2.05) is 19.1 Å². The summed E-state index contributed by atoms with van der Waals surface area (Å²) in [4.78, 5) is 26.2. The fourth-order valence-corrected chi connectivity index (χ4v) is 3.72. The SMILES string of the molecule is CCN(c1ccc(C(=O)c2ccccc2C(=O)O)cc1)C1CCCC1O. The Labute approximate surface area is 152 Å². The van der Waals surface area contributed by atoms with Gasteiger partial charge in [0.1, 0.15) is 0 Å². The Bertz CT molecular complexity index is 800. The summed E-state index contributed by atoms with van der Waals surface area (Å²) in [5.41, 5.74) is 1.60. The zero-order valence-corrected chi connectivity index (χ0v) is 14.8. The van der Waals surface area contributed by atoms with E-state index in [2.05, 4.69) is 4.90 Å². The standard InChI is InChI=1S/C21H23NO4/c1-2-22(18-8-5-9-19(18)23)15-12-10-14(11-13-15)20(24)16-6-3-4-7-17(16)21(25)26/h3-4,6-7,10-13,18-19,23H,2,5,8-9H2,1H3,(H,25,26). The van der Waals surface area contributed by atoms with Crippen LogP contribution >= 0.6 is 0 Å². The van der Waals surface area contributed by atoms with E-state index in [0.717, 1.165) is 31.5 Å². The van der Waals surface area contributed by atoms with Crippen LogP contribution in [-0.2, 0) is 0 Å². The molecule has 1 saturated carbocycles. The van der Waals surface area contributed by atoms with E-state index in [4.69, 9.17) is 0 Å². The molecule has 1 aliphatic carbocycles. The van der Waals surface area contributed by atoms with Crippen LogP contribution in [0.15, 0.2) is 48.5 Å². The fourth-order valence-electron chi connectivity index (χ4n) is 3.72. The van der Waals surface area contributed by atoms with Gasteiger partial charge in [-0.1, -0.05) is 18.2 Å². The normalized spacial score (nSPS) is 19.3. The molecule has 1 aliphatic rings. The van der Waals surface area contributed by atoms with Gasteiger partial charge in [0.15, 0.2) is 5.78 Å². The molecular weight excluding hydrogens is 330 g/mol. The van der Waals surface area contributed by atoms with E-state index in [-0.39, 0.29) is 29.1 Å². The molecule has 0 amide bonds. The van der Waals surface area contributed by atoms with Gasteiger partial charge in [-0.25, -0.2) is 4.79 Å². The van der Waals surface area contributed by atoms with Gasteiger partial charge in [0.25, 0.3) is 0 Å². The summed E-state index contributed by atoms with van der Waals surface area (Å²) in [6, 6.07) is 13.5. The Balaban J connectivity index is 1.85. The van der Waals surface area contributed by atoms with Crippen molar-refractivity contribution < 1.29 is 19.8 Å². The first-order valence-corrected chi connectivity index (χ1v) is 8.94. The van der Waals surface area contributed by atoms with Crippen LogP contribution in [0.5, 0.6) is 0 Å². The molecule has 2 aromatic carbocycles. The van der Waals surface area contributed by atoms with Gasteiger partial charge >= 0.3 is 5.97 Å². The molecule has 0 aromatic heterocycles. The number of nitrogens with zero attached hydrogens (tertiary/aromatic N) is 1. The molecule has 0 radical (unpaired) electrons. The number of carboxylic acids is 1. The third-order valence-corrected chi connectivity index (χ3v) is 5.05. The van der Waals surface area contributed by atoms with Crippen molar-refractivity contribution >= 4 is 17.4 Å². The molecule has 0 aliphatic heterocycles. The average Bonchev–Trinajstić information content (AvgIpc) is 3.08. The number of benzene rings is 2. The predicted octanol–water partition coefficient (Wildman–Crippen LogP) is 3.36. The van der Waals surface area contributed by atoms with Crippen molar-refractivity contribution in [2.45, 2.75) is 38.3 Å². The van der Waals surface area contributed by atoms with Gasteiger partial charge in [-0.05, 0) is 56.5 Å². The monoisotopic (exact) mass is 353 g/mol. The van der Waals surface area contributed by atoms with E-state index >= 15 is 0 Å². The molecule has 0 bridgehead atoms. The lowest BCUT2D eigenvalue weighted by Gasteiger charge is -2.32. The molecule has 136 valence electrons. The number of likely N-dealkylation sites (N-methyl/N-ethyl adjacent to an activating group) is 1. The zero-order chi connectivity index (χ0) is 18.7. The Kier molecular flexibility index (Phi) is 5.38. The molecule has 2 aromatic rings. The lowest BCUT2D eigenvalue weighted by Crippen LogP contribution is -2.40. The Morgan fingerprint density at radius 1 is 1.04 bits per heavy atom. The lowest BCUT2D eigenvalue weighted by molar-refractivity contribution is 0.0692. The highest BCUT2D eigenvalue weighted by Crippen LogP contribution is 2.29. The number of hydrogen-bond acceptors (Lipinski definition) is 4. The summed E-state index contributed by atoms with van der Waals surface area (Å²) in [6.45, 7) is 2.82. The molecule has 0 spiro atoms. The first-order chi connectivity index (χ1) is 12.5. The van der Waals surface area contributed by atoms with E-state index in [0.29, 0.717) is 5.56 Å². The zero-order valence-electron chi connectivity index (χ0n) is 14.8. The molecule has 2 atom stereocenters. The van der Waals surface area contributed by atoms with Crippen LogP contribution in [0.3, 0.4) is 0 Å². The molecule has 0 saturated heterocycles. The van der Waals surface area contributed by atoms with Crippen LogP contribution in [-0.4, -0.2) is 40.7 Å². The number of carboxylic acid groups (broad SMARTS) is 1. The van der Waals surface area contributed by atoms with Crippen molar-refractivity contribution in [1.82, 2.24) is 0 Å². The molecule has 26 heavy (non-hydrogen) atoms. The summed E-state index contributed by atoms with van der Waals surface area (Å²) in [6.07, 6.45) is 2.48. The topological polar surface area (TPSA) is 77.8 Å². The number of anilines is 1. The largest absolute Gasteiger partial charge is 0.478 e. The highest BCUT2D eigenvalue weighted by molar-refractivity contribution is 6.14. The maximum Gasteiger partial charge on any atom is 0.336 e. The highest BCUT2D eigenvalue weighted by atomic mass is 16.4. The van der Waals surface area contributed by atoms with Crippen LogP contribution in [0.1, 0.15) is 52.5 Å². The second-order valence-electron chi connectivity index (χ2n) is 6.58. The third kappa shape index (κ3) is 3.48. The minimum atomic E-state index is -1.11. The predicted molar refractivity (Wildman–Crippen MR) is 99.9 cm³/mol. The summed E-state index contributed by atoms with van der Waals surface area (Å²) < 4.78 is 0. The molecule has 1 fully saturated rings. The van der Waals surface area contributed by atoms with Crippen LogP contribution in [0, 0.1) is 0 Å². The first kappa shape index (κ1) is 18.1.